The molecule has 0 unspecified atom stereocenters. The van der Waals surface area contributed by atoms with Gasteiger partial charge in [0.2, 0.25) is 5.69 Å². The second-order valence-electron chi connectivity index (χ2n) is 2.14. The molecule has 0 saturated carbocycles. The van der Waals surface area contributed by atoms with Gasteiger partial charge in [-0.1, -0.05) is 0 Å². The number of hydrogen-bond donors (Lipinski definition) is 0. The van der Waals surface area contributed by atoms with Gasteiger partial charge in [0, 0.05) is 17.1 Å². The summed E-state index contributed by atoms with van der Waals surface area (Å²) in [5, 5.41) is 0. The molecule has 0 radical (unpaired) electrons. The van der Waals surface area contributed by atoms with E-state index in [9.17, 15) is 0 Å². The number of methoxy groups -OCH3 is 1. The molecule has 0 amide bonds. The third-order valence-corrected chi connectivity index (χ3v) is 2.22. The second kappa shape index (κ2) is 2.53. The van der Waals surface area contributed by atoms with E-state index in [0.717, 1.165) is 16.3 Å². The van der Waals surface area contributed by atoms with Gasteiger partial charge < -0.3 is 4.74 Å². The van der Waals surface area contributed by atoms with Crippen molar-refractivity contribution in [2.24, 2.45) is 4.99 Å². The Bertz CT molecular complexity index is 309. The second-order valence-corrected chi connectivity index (χ2v) is 2.97. The fraction of sp³-hybridized carbons (Fsp3) is 0.125. The normalized spacial score (nSPS) is 12.5. The van der Waals surface area contributed by atoms with E-state index in [-0.39, 0.29) is 0 Å². The Morgan fingerprint density at radius 3 is 3.27 bits per heavy atom. The van der Waals surface area contributed by atoms with Gasteiger partial charge in [-0.25, -0.2) is 0 Å². The quantitative estimate of drug-likeness (QED) is 0.594. The highest BCUT2D eigenvalue weighted by atomic mass is 32.2. The average Bonchev–Trinajstić information content (AvgIpc) is 2.50. The molecule has 2 nitrogen and oxygen atoms in total. The molecule has 0 spiro atoms. The van der Waals surface area contributed by atoms with Gasteiger partial charge >= 0.3 is 0 Å². The molecule has 1 aromatic carbocycles. The molecule has 1 heterocycles. The summed E-state index contributed by atoms with van der Waals surface area (Å²) in [7, 11) is 1.66. The van der Waals surface area contributed by atoms with Crippen molar-refractivity contribution in [3.8, 4) is 5.75 Å². The van der Waals surface area contributed by atoms with Crippen LogP contribution in [0.4, 0.5) is 5.69 Å². The van der Waals surface area contributed by atoms with Crippen LogP contribution in [-0.2, 0) is 0 Å². The number of fused-ring (bicyclic) bond motifs is 1. The number of aliphatic imine (C=N–C) groups is 1. The van der Waals surface area contributed by atoms with Crippen LogP contribution in [0.3, 0.4) is 0 Å². The smallest absolute Gasteiger partial charge is 0.272 e. The van der Waals surface area contributed by atoms with Gasteiger partial charge in [0.1, 0.15) is 17.5 Å². The minimum Gasteiger partial charge on any atom is -0.497 e. The van der Waals surface area contributed by atoms with Crippen molar-refractivity contribution in [2.45, 2.75) is 4.90 Å². The van der Waals surface area contributed by atoms with Gasteiger partial charge in [0.25, 0.3) is 5.55 Å². The molecular formula is C8H6NOS+. The summed E-state index contributed by atoms with van der Waals surface area (Å²) in [5.74, 6) is 0.871. The lowest BCUT2D eigenvalue weighted by atomic mass is 10.3. The van der Waals surface area contributed by atoms with Crippen molar-refractivity contribution in [1.82, 2.24) is 0 Å². The third kappa shape index (κ3) is 1.09. The van der Waals surface area contributed by atoms with E-state index in [1.807, 2.05) is 18.2 Å². The highest BCUT2D eigenvalue weighted by molar-refractivity contribution is 8.12. The van der Waals surface area contributed by atoms with Gasteiger partial charge in [0.15, 0.2) is 4.90 Å². The molecule has 1 aliphatic heterocycles. The van der Waals surface area contributed by atoms with Crippen LogP contribution in [0.1, 0.15) is 0 Å². The largest absolute Gasteiger partial charge is 0.497 e. The van der Waals surface area contributed by atoms with Crippen LogP contribution in [0.25, 0.3) is 0 Å². The van der Waals surface area contributed by atoms with Gasteiger partial charge in [-0.05, 0) is 0 Å². The topological polar surface area (TPSA) is 21.6 Å². The van der Waals surface area contributed by atoms with E-state index in [4.69, 9.17) is 4.74 Å². The monoisotopic (exact) mass is 164 g/mol. The average molecular weight is 164 g/mol. The minimum absolute atomic E-state index is 0.871. The fourth-order valence-corrected chi connectivity index (χ4v) is 1.55. The van der Waals surface area contributed by atoms with Gasteiger partial charge in [-0.3, -0.25) is 0 Å². The Hall–Kier alpha value is -1.05. The molecule has 0 bridgehead atoms. The maximum atomic E-state index is 5.06. The van der Waals surface area contributed by atoms with Gasteiger partial charge in [-0.15, -0.1) is 0 Å². The first-order valence-electron chi connectivity index (χ1n) is 3.21. The van der Waals surface area contributed by atoms with Gasteiger partial charge in [0.05, 0.1) is 13.2 Å². The van der Waals surface area contributed by atoms with Crippen molar-refractivity contribution in [1.29, 1.82) is 0 Å². The first-order chi connectivity index (χ1) is 5.40. The van der Waals surface area contributed by atoms with Gasteiger partial charge in [-0.2, -0.15) is 0 Å². The first-order valence-corrected chi connectivity index (χ1v) is 4.02. The van der Waals surface area contributed by atoms with Crippen LogP contribution in [0.2, 0.25) is 0 Å². The molecule has 2 rings (SSSR count). The SMILES string of the molecule is COc1ccc2c(c1)S[C+]=N2. The van der Waals surface area contributed by atoms with E-state index in [1.165, 1.54) is 11.8 Å². The highest BCUT2D eigenvalue weighted by Gasteiger charge is 2.20. The van der Waals surface area contributed by atoms with Crippen LogP contribution in [0, 0.1) is 0 Å². The summed E-state index contributed by atoms with van der Waals surface area (Å²) in [4.78, 5) is 5.15. The zero-order chi connectivity index (χ0) is 7.68. The molecule has 0 atom stereocenters. The lowest BCUT2D eigenvalue weighted by molar-refractivity contribution is 0.414. The van der Waals surface area contributed by atoms with Crippen molar-refractivity contribution in [2.75, 3.05) is 7.11 Å². The Morgan fingerprint density at radius 1 is 1.55 bits per heavy atom. The first kappa shape index (κ1) is 6.65. The van der Waals surface area contributed by atoms with E-state index in [0.29, 0.717) is 0 Å². The van der Waals surface area contributed by atoms with Crippen molar-refractivity contribution in [3.63, 3.8) is 0 Å². The van der Waals surface area contributed by atoms with Crippen LogP contribution >= 0.6 is 11.8 Å². The van der Waals surface area contributed by atoms with Crippen molar-refractivity contribution in [3.05, 3.63) is 18.2 Å². The van der Waals surface area contributed by atoms with Crippen LogP contribution in [0.15, 0.2) is 28.1 Å². The summed E-state index contributed by atoms with van der Waals surface area (Å²) >= 11 is 1.50. The molecule has 1 aromatic rings. The van der Waals surface area contributed by atoms with E-state index in [1.54, 1.807) is 7.11 Å². The predicted octanol–water partition coefficient (Wildman–Crippen LogP) is 2.34. The molecule has 0 aromatic heterocycles. The molecule has 0 N–H and O–H groups in total. The molecule has 11 heavy (non-hydrogen) atoms. The van der Waals surface area contributed by atoms with Crippen molar-refractivity contribution >= 4 is 23.0 Å². The number of hydrogen-bond acceptors (Lipinski definition) is 3. The Kier molecular flexibility index (Phi) is 1.53. The molecule has 1 aliphatic rings. The Morgan fingerprint density at radius 2 is 2.45 bits per heavy atom. The summed E-state index contributed by atoms with van der Waals surface area (Å²) in [6.45, 7) is 0. The van der Waals surface area contributed by atoms with Crippen LogP contribution in [0.5, 0.6) is 5.75 Å². The zero-order valence-corrected chi connectivity index (χ0v) is 6.81. The maximum absolute atomic E-state index is 5.06. The number of ether oxygens (including phenoxy) is 1. The maximum Gasteiger partial charge on any atom is 0.272 e. The Labute approximate surface area is 69.3 Å². The summed E-state index contributed by atoms with van der Waals surface area (Å²) in [5.41, 5.74) is 3.81. The molecule has 3 heteroatoms. The predicted molar refractivity (Wildman–Crippen MR) is 45.9 cm³/mol. The van der Waals surface area contributed by atoms with Crippen LogP contribution < -0.4 is 4.74 Å². The lowest BCUT2D eigenvalue weighted by Crippen LogP contribution is -1.80. The van der Waals surface area contributed by atoms with E-state index < -0.39 is 0 Å². The number of rotatable bonds is 1. The molecule has 0 saturated heterocycles. The minimum atomic E-state index is 0.871. The summed E-state index contributed by atoms with van der Waals surface area (Å²) in [6.07, 6.45) is 0. The molecular weight excluding hydrogens is 158 g/mol. The molecule has 0 aliphatic carbocycles. The summed E-state index contributed by atoms with van der Waals surface area (Å²) < 4.78 is 5.06. The molecule has 54 valence electrons. The van der Waals surface area contributed by atoms with Crippen molar-refractivity contribution < 1.29 is 4.74 Å². The number of thioether (sulfide) groups is 1. The van der Waals surface area contributed by atoms with E-state index in [2.05, 4.69) is 10.5 Å². The fourth-order valence-electron chi connectivity index (χ4n) is 0.917. The zero-order valence-electron chi connectivity index (χ0n) is 6.00. The lowest BCUT2D eigenvalue weighted by Gasteiger charge is -1.95. The standard InChI is InChI=1S/C8H6NOS/c1-10-6-2-3-7-8(4-6)11-5-9-7/h2-4H,1H3/q+1. The summed E-state index contributed by atoms with van der Waals surface area (Å²) in [6, 6.07) is 5.79. The third-order valence-electron chi connectivity index (χ3n) is 1.49. The Balaban J connectivity index is 2.45. The molecule has 0 fully saturated rings. The number of nitrogens with zero attached hydrogens (tertiary/aromatic N) is 1. The van der Waals surface area contributed by atoms with E-state index >= 15 is 0 Å². The van der Waals surface area contributed by atoms with Crippen LogP contribution in [-0.4, -0.2) is 12.7 Å². The highest BCUT2D eigenvalue weighted by Crippen LogP contribution is 2.36. The number of benzene rings is 1.